The highest BCUT2D eigenvalue weighted by Crippen LogP contribution is 2.28. The Balaban J connectivity index is 1.67. The summed E-state index contributed by atoms with van der Waals surface area (Å²) in [4.78, 5) is 12.3. The number of hydrogen-bond acceptors (Lipinski definition) is 3. The maximum absolute atomic E-state index is 12.3. The number of nitrogens with two attached hydrogens (primary N) is 1. The molecule has 2 aromatic carbocycles. The molecular formula is C17H18N2O2. The molecule has 3 rings (SSSR count). The van der Waals surface area contributed by atoms with Gasteiger partial charge in [0.05, 0.1) is 6.04 Å². The SMILES string of the molecule is CC(NC(=O)C1Cc2ccccc2O1)c1ccccc1N. The van der Waals surface area contributed by atoms with Gasteiger partial charge in [0, 0.05) is 12.1 Å². The van der Waals surface area contributed by atoms with Gasteiger partial charge in [-0.1, -0.05) is 36.4 Å². The Labute approximate surface area is 123 Å². The van der Waals surface area contributed by atoms with Crippen LogP contribution in [0, 0.1) is 0 Å². The number of para-hydroxylation sites is 2. The van der Waals surface area contributed by atoms with Crippen molar-refractivity contribution in [2.24, 2.45) is 0 Å². The van der Waals surface area contributed by atoms with Crippen LogP contribution in [0.25, 0.3) is 0 Å². The fourth-order valence-corrected chi connectivity index (χ4v) is 2.62. The maximum atomic E-state index is 12.3. The van der Waals surface area contributed by atoms with Crippen LogP contribution in [0.1, 0.15) is 24.1 Å². The van der Waals surface area contributed by atoms with Gasteiger partial charge in [-0.15, -0.1) is 0 Å². The normalized spacial score (nSPS) is 17.7. The van der Waals surface area contributed by atoms with Crippen molar-refractivity contribution in [3.05, 3.63) is 59.7 Å². The van der Waals surface area contributed by atoms with Crippen LogP contribution in [0.5, 0.6) is 5.75 Å². The van der Waals surface area contributed by atoms with Gasteiger partial charge in [-0.05, 0) is 30.2 Å². The van der Waals surface area contributed by atoms with E-state index < -0.39 is 6.10 Å². The first-order valence-electron chi connectivity index (χ1n) is 7.04. The van der Waals surface area contributed by atoms with Crippen LogP contribution in [0.15, 0.2) is 48.5 Å². The molecule has 1 heterocycles. The number of carbonyl (C=O) groups is 1. The first kappa shape index (κ1) is 13.5. The Hall–Kier alpha value is -2.49. The van der Waals surface area contributed by atoms with Crippen molar-refractivity contribution in [1.29, 1.82) is 0 Å². The maximum Gasteiger partial charge on any atom is 0.261 e. The second kappa shape index (κ2) is 5.48. The van der Waals surface area contributed by atoms with Gasteiger partial charge >= 0.3 is 0 Å². The van der Waals surface area contributed by atoms with E-state index in [2.05, 4.69) is 5.32 Å². The van der Waals surface area contributed by atoms with Crippen LogP contribution in [0.4, 0.5) is 5.69 Å². The van der Waals surface area contributed by atoms with Crippen LogP contribution in [-0.4, -0.2) is 12.0 Å². The smallest absolute Gasteiger partial charge is 0.261 e. The number of benzene rings is 2. The van der Waals surface area contributed by atoms with Crippen molar-refractivity contribution in [1.82, 2.24) is 5.32 Å². The number of amides is 1. The lowest BCUT2D eigenvalue weighted by molar-refractivity contribution is -0.127. The average molecular weight is 282 g/mol. The number of ether oxygens (including phenoxy) is 1. The summed E-state index contributed by atoms with van der Waals surface area (Å²) in [6, 6.07) is 15.1. The van der Waals surface area contributed by atoms with E-state index >= 15 is 0 Å². The monoisotopic (exact) mass is 282 g/mol. The van der Waals surface area contributed by atoms with E-state index in [0.717, 1.165) is 16.9 Å². The highest BCUT2D eigenvalue weighted by molar-refractivity contribution is 5.83. The molecule has 0 saturated carbocycles. The number of carbonyl (C=O) groups excluding carboxylic acids is 1. The van der Waals surface area contributed by atoms with Crippen molar-refractivity contribution < 1.29 is 9.53 Å². The van der Waals surface area contributed by atoms with E-state index in [0.29, 0.717) is 12.1 Å². The minimum Gasteiger partial charge on any atom is -0.480 e. The van der Waals surface area contributed by atoms with Gasteiger partial charge < -0.3 is 15.8 Å². The zero-order valence-electron chi connectivity index (χ0n) is 11.9. The number of fused-ring (bicyclic) bond motifs is 1. The topological polar surface area (TPSA) is 64.3 Å². The zero-order chi connectivity index (χ0) is 14.8. The third-order valence-corrected chi connectivity index (χ3v) is 3.76. The van der Waals surface area contributed by atoms with E-state index in [1.54, 1.807) is 0 Å². The molecule has 0 aromatic heterocycles. The molecule has 2 unspecified atom stereocenters. The summed E-state index contributed by atoms with van der Waals surface area (Å²) in [6.45, 7) is 1.92. The van der Waals surface area contributed by atoms with Crippen molar-refractivity contribution in [2.45, 2.75) is 25.5 Å². The summed E-state index contributed by atoms with van der Waals surface area (Å²) >= 11 is 0. The molecule has 0 spiro atoms. The van der Waals surface area contributed by atoms with Crippen molar-refractivity contribution in [3.8, 4) is 5.75 Å². The summed E-state index contributed by atoms with van der Waals surface area (Å²) in [5, 5.41) is 2.97. The van der Waals surface area contributed by atoms with Gasteiger partial charge in [0.25, 0.3) is 5.91 Å². The average Bonchev–Trinajstić information content (AvgIpc) is 2.91. The minimum atomic E-state index is -0.463. The van der Waals surface area contributed by atoms with Crippen molar-refractivity contribution >= 4 is 11.6 Å². The number of hydrogen-bond donors (Lipinski definition) is 2. The number of nitrogens with one attached hydrogen (secondary N) is 1. The molecule has 0 bridgehead atoms. The van der Waals surface area contributed by atoms with E-state index in [1.807, 2.05) is 55.5 Å². The van der Waals surface area contributed by atoms with E-state index in [9.17, 15) is 4.79 Å². The Bertz CT molecular complexity index is 644. The predicted octanol–water partition coefficient (Wildman–Crippen LogP) is 2.45. The van der Waals surface area contributed by atoms with Crippen LogP contribution in [-0.2, 0) is 11.2 Å². The van der Waals surface area contributed by atoms with Gasteiger partial charge in [-0.3, -0.25) is 4.79 Å². The van der Waals surface area contributed by atoms with Crippen LogP contribution in [0.2, 0.25) is 0 Å². The molecule has 21 heavy (non-hydrogen) atoms. The molecule has 4 nitrogen and oxygen atoms in total. The highest BCUT2D eigenvalue weighted by Gasteiger charge is 2.29. The van der Waals surface area contributed by atoms with Gasteiger partial charge in [-0.25, -0.2) is 0 Å². The molecule has 1 amide bonds. The Morgan fingerprint density at radius 3 is 2.71 bits per heavy atom. The summed E-state index contributed by atoms with van der Waals surface area (Å²) in [6.07, 6.45) is 0.147. The molecule has 2 aromatic rings. The molecular weight excluding hydrogens is 264 g/mol. The number of nitrogen functional groups attached to an aromatic ring is 1. The van der Waals surface area contributed by atoms with Crippen LogP contribution in [0.3, 0.4) is 0 Å². The zero-order valence-corrected chi connectivity index (χ0v) is 11.9. The molecule has 0 saturated heterocycles. The molecule has 0 aliphatic carbocycles. The third kappa shape index (κ3) is 2.70. The number of anilines is 1. The highest BCUT2D eigenvalue weighted by atomic mass is 16.5. The van der Waals surface area contributed by atoms with E-state index in [-0.39, 0.29) is 11.9 Å². The molecule has 1 aliphatic heterocycles. The molecule has 2 atom stereocenters. The Kier molecular flexibility index (Phi) is 3.52. The molecule has 108 valence electrons. The second-order valence-electron chi connectivity index (χ2n) is 5.28. The van der Waals surface area contributed by atoms with Crippen molar-refractivity contribution in [3.63, 3.8) is 0 Å². The molecule has 4 heteroatoms. The lowest BCUT2D eigenvalue weighted by Gasteiger charge is -2.18. The van der Waals surface area contributed by atoms with Gasteiger partial charge in [0.1, 0.15) is 5.75 Å². The van der Waals surface area contributed by atoms with Gasteiger partial charge in [-0.2, -0.15) is 0 Å². The fourth-order valence-electron chi connectivity index (χ4n) is 2.62. The molecule has 3 N–H and O–H groups in total. The Morgan fingerprint density at radius 1 is 1.24 bits per heavy atom. The van der Waals surface area contributed by atoms with E-state index in [1.165, 1.54) is 0 Å². The lowest BCUT2D eigenvalue weighted by Crippen LogP contribution is -2.38. The lowest BCUT2D eigenvalue weighted by atomic mass is 10.1. The largest absolute Gasteiger partial charge is 0.480 e. The van der Waals surface area contributed by atoms with Gasteiger partial charge in [0.15, 0.2) is 6.10 Å². The van der Waals surface area contributed by atoms with Crippen LogP contribution < -0.4 is 15.8 Å². The Morgan fingerprint density at radius 2 is 1.95 bits per heavy atom. The third-order valence-electron chi connectivity index (χ3n) is 3.76. The standard InChI is InChI=1S/C17H18N2O2/c1-11(13-7-3-4-8-14(13)18)19-17(20)16-10-12-6-2-5-9-15(12)21-16/h2-9,11,16H,10,18H2,1H3,(H,19,20). The summed E-state index contributed by atoms with van der Waals surface area (Å²) < 4.78 is 5.69. The van der Waals surface area contributed by atoms with Crippen LogP contribution >= 0.6 is 0 Å². The fraction of sp³-hybridized carbons (Fsp3) is 0.235. The molecule has 1 aliphatic rings. The quantitative estimate of drug-likeness (QED) is 0.850. The summed E-state index contributed by atoms with van der Waals surface area (Å²) in [7, 11) is 0. The second-order valence-corrected chi connectivity index (χ2v) is 5.28. The predicted molar refractivity (Wildman–Crippen MR) is 82.0 cm³/mol. The minimum absolute atomic E-state index is 0.109. The van der Waals surface area contributed by atoms with Crippen molar-refractivity contribution in [2.75, 3.05) is 5.73 Å². The molecule has 0 radical (unpaired) electrons. The summed E-state index contributed by atoms with van der Waals surface area (Å²) in [5.74, 6) is 0.687. The summed E-state index contributed by atoms with van der Waals surface area (Å²) in [5.41, 5.74) is 8.61. The number of rotatable bonds is 3. The van der Waals surface area contributed by atoms with Gasteiger partial charge in [0.2, 0.25) is 0 Å². The first-order chi connectivity index (χ1) is 10.1. The van der Waals surface area contributed by atoms with E-state index in [4.69, 9.17) is 10.5 Å². The molecule has 0 fully saturated rings. The first-order valence-corrected chi connectivity index (χ1v) is 7.04.